The molecule has 6 heteroatoms. The largest absolute Gasteiger partial charge is 0.484 e. The molecule has 0 radical (unpaired) electrons. The summed E-state index contributed by atoms with van der Waals surface area (Å²) in [6.45, 7) is 3.76. The van der Waals surface area contributed by atoms with Crippen molar-refractivity contribution in [1.29, 1.82) is 0 Å². The number of carbonyl (C=O) groups is 2. The van der Waals surface area contributed by atoms with E-state index in [1.54, 1.807) is 19.2 Å². The molecule has 0 spiro atoms. The summed E-state index contributed by atoms with van der Waals surface area (Å²) in [6.07, 6.45) is -0.0819. The SMILES string of the molecule is Cc1cc(OCC(=O)N(C)CCC(=O)O)cc(C)c1Cl. The molecule has 0 heterocycles. The van der Waals surface area contributed by atoms with Gasteiger partial charge in [0.1, 0.15) is 5.75 Å². The summed E-state index contributed by atoms with van der Waals surface area (Å²) in [5.74, 6) is -0.629. The summed E-state index contributed by atoms with van der Waals surface area (Å²) in [7, 11) is 1.55. The molecule has 0 fully saturated rings. The molecule has 0 saturated carbocycles. The first-order chi connectivity index (χ1) is 9.31. The maximum Gasteiger partial charge on any atom is 0.305 e. The topological polar surface area (TPSA) is 66.8 Å². The van der Waals surface area contributed by atoms with Gasteiger partial charge in [-0.05, 0) is 37.1 Å². The fourth-order valence-corrected chi connectivity index (χ4v) is 1.74. The van der Waals surface area contributed by atoms with Gasteiger partial charge >= 0.3 is 5.97 Å². The monoisotopic (exact) mass is 299 g/mol. The van der Waals surface area contributed by atoms with Crippen molar-refractivity contribution >= 4 is 23.5 Å². The average Bonchev–Trinajstić information content (AvgIpc) is 2.39. The highest BCUT2D eigenvalue weighted by Crippen LogP contribution is 2.25. The Hall–Kier alpha value is -1.75. The van der Waals surface area contributed by atoms with E-state index in [1.807, 2.05) is 13.8 Å². The second kappa shape index (κ2) is 7.14. The predicted octanol–water partition coefficient (Wildman–Crippen LogP) is 2.27. The number of hydrogen-bond acceptors (Lipinski definition) is 3. The van der Waals surface area contributed by atoms with Gasteiger partial charge in [-0.25, -0.2) is 0 Å². The first-order valence-corrected chi connectivity index (χ1v) is 6.54. The van der Waals surface area contributed by atoms with Gasteiger partial charge in [0.25, 0.3) is 5.91 Å². The van der Waals surface area contributed by atoms with Gasteiger partial charge in [0, 0.05) is 18.6 Å². The summed E-state index contributed by atoms with van der Waals surface area (Å²) in [5, 5.41) is 9.24. The van der Waals surface area contributed by atoms with Crippen LogP contribution in [0.3, 0.4) is 0 Å². The highest BCUT2D eigenvalue weighted by Gasteiger charge is 2.12. The van der Waals surface area contributed by atoms with Crippen molar-refractivity contribution in [3.63, 3.8) is 0 Å². The van der Waals surface area contributed by atoms with Crippen LogP contribution >= 0.6 is 11.6 Å². The number of amides is 1. The second-order valence-electron chi connectivity index (χ2n) is 4.62. The van der Waals surface area contributed by atoms with Crippen molar-refractivity contribution in [2.75, 3.05) is 20.2 Å². The van der Waals surface area contributed by atoms with E-state index in [2.05, 4.69) is 0 Å². The number of carboxylic acid groups (broad SMARTS) is 1. The van der Waals surface area contributed by atoms with Gasteiger partial charge in [0.15, 0.2) is 6.61 Å². The standard InChI is InChI=1S/C14H18ClNO4/c1-9-6-11(7-10(2)14(9)15)20-8-12(17)16(3)5-4-13(18)19/h6-7H,4-5,8H2,1-3H3,(H,18,19). The number of ether oxygens (including phenoxy) is 1. The highest BCUT2D eigenvalue weighted by atomic mass is 35.5. The molecule has 20 heavy (non-hydrogen) atoms. The van der Waals surface area contributed by atoms with Gasteiger partial charge in [-0.15, -0.1) is 0 Å². The molecule has 0 aliphatic heterocycles. The summed E-state index contributed by atoms with van der Waals surface area (Å²) in [5.41, 5.74) is 1.77. The van der Waals surface area contributed by atoms with E-state index in [0.29, 0.717) is 10.8 Å². The third kappa shape index (κ3) is 4.74. The van der Waals surface area contributed by atoms with Crippen molar-refractivity contribution in [1.82, 2.24) is 4.90 Å². The lowest BCUT2D eigenvalue weighted by molar-refractivity contribution is -0.138. The van der Waals surface area contributed by atoms with Gasteiger partial charge in [-0.3, -0.25) is 9.59 Å². The first-order valence-electron chi connectivity index (χ1n) is 6.16. The van der Waals surface area contributed by atoms with Crippen molar-refractivity contribution < 1.29 is 19.4 Å². The maximum atomic E-state index is 11.7. The van der Waals surface area contributed by atoms with E-state index >= 15 is 0 Å². The van der Waals surface area contributed by atoms with E-state index in [0.717, 1.165) is 11.1 Å². The molecule has 1 aromatic rings. The Balaban J connectivity index is 2.54. The van der Waals surface area contributed by atoms with Crippen LogP contribution in [0.4, 0.5) is 0 Å². The third-order valence-electron chi connectivity index (χ3n) is 2.86. The molecule has 0 atom stereocenters. The van der Waals surface area contributed by atoms with Crippen LogP contribution in [-0.2, 0) is 9.59 Å². The quantitative estimate of drug-likeness (QED) is 0.875. The minimum absolute atomic E-state index is 0.0819. The zero-order chi connectivity index (χ0) is 15.3. The molecule has 0 aliphatic carbocycles. The summed E-state index contributed by atoms with van der Waals surface area (Å²) in [4.78, 5) is 23.5. The van der Waals surface area contributed by atoms with Crippen LogP contribution < -0.4 is 4.74 Å². The van der Waals surface area contributed by atoms with E-state index in [4.69, 9.17) is 21.4 Å². The number of carbonyl (C=O) groups excluding carboxylic acids is 1. The van der Waals surface area contributed by atoms with Crippen LogP contribution in [0, 0.1) is 13.8 Å². The maximum absolute atomic E-state index is 11.7. The van der Waals surface area contributed by atoms with E-state index in [-0.39, 0.29) is 25.5 Å². The second-order valence-corrected chi connectivity index (χ2v) is 5.00. The number of aryl methyl sites for hydroxylation is 2. The highest BCUT2D eigenvalue weighted by molar-refractivity contribution is 6.32. The zero-order valence-corrected chi connectivity index (χ0v) is 12.5. The van der Waals surface area contributed by atoms with E-state index < -0.39 is 5.97 Å². The van der Waals surface area contributed by atoms with Crippen molar-refractivity contribution in [3.05, 3.63) is 28.3 Å². The fraction of sp³-hybridized carbons (Fsp3) is 0.429. The molecular weight excluding hydrogens is 282 g/mol. The van der Waals surface area contributed by atoms with Crippen molar-refractivity contribution in [3.8, 4) is 5.75 Å². The Morgan fingerprint density at radius 2 is 1.85 bits per heavy atom. The van der Waals surface area contributed by atoms with Gasteiger partial charge < -0.3 is 14.7 Å². The first kappa shape index (κ1) is 16.3. The van der Waals surface area contributed by atoms with Crippen molar-refractivity contribution in [2.45, 2.75) is 20.3 Å². The smallest absolute Gasteiger partial charge is 0.305 e. The molecule has 1 N–H and O–H groups in total. The van der Waals surface area contributed by atoms with Gasteiger partial charge in [-0.1, -0.05) is 11.6 Å². The lowest BCUT2D eigenvalue weighted by Crippen LogP contribution is -2.33. The van der Waals surface area contributed by atoms with Gasteiger partial charge in [-0.2, -0.15) is 0 Å². The Morgan fingerprint density at radius 1 is 1.30 bits per heavy atom. The predicted molar refractivity (Wildman–Crippen MR) is 76.3 cm³/mol. The Morgan fingerprint density at radius 3 is 2.35 bits per heavy atom. The Kier molecular flexibility index (Phi) is 5.82. The number of nitrogens with zero attached hydrogens (tertiary/aromatic N) is 1. The Labute approximate surface area is 123 Å². The van der Waals surface area contributed by atoms with E-state index in [1.165, 1.54) is 4.90 Å². The molecule has 0 aliphatic rings. The molecule has 1 amide bonds. The molecule has 110 valence electrons. The minimum atomic E-state index is -0.936. The lowest BCUT2D eigenvalue weighted by Gasteiger charge is -2.16. The Bertz CT molecular complexity index is 493. The summed E-state index contributed by atoms with van der Waals surface area (Å²) >= 11 is 6.05. The zero-order valence-electron chi connectivity index (χ0n) is 11.8. The lowest BCUT2D eigenvalue weighted by atomic mass is 10.1. The van der Waals surface area contributed by atoms with Crippen LogP contribution in [0.2, 0.25) is 5.02 Å². The molecule has 0 unspecified atom stereocenters. The van der Waals surface area contributed by atoms with Crippen LogP contribution in [-0.4, -0.2) is 42.1 Å². The van der Waals surface area contributed by atoms with Gasteiger partial charge in [0.05, 0.1) is 6.42 Å². The van der Waals surface area contributed by atoms with Crippen molar-refractivity contribution in [2.24, 2.45) is 0 Å². The number of halogens is 1. The molecule has 0 aromatic heterocycles. The summed E-state index contributed by atoms with van der Waals surface area (Å²) < 4.78 is 5.42. The number of likely N-dealkylation sites (N-methyl/N-ethyl adjacent to an activating group) is 1. The molecule has 5 nitrogen and oxygen atoms in total. The molecule has 1 rings (SSSR count). The normalized spacial score (nSPS) is 10.2. The number of hydrogen-bond donors (Lipinski definition) is 1. The number of carboxylic acids is 1. The minimum Gasteiger partial charge on any atom is -0.484 e. The van der Waals surface area contributed by atoms with Crippen LogP contribution in [0.15, 0.2) is 12.1 Å². The fourth-order valence-electron chi connectivity index (χ4n) is 1.63. The molecule has 1 aromatic carbocycles. The van der Waals surface area contributed by atoms with Crippen LogP contribution in [0.1, 0.15) is 17.5 Å². The van der Waals surface area contributed by atoms with Crippen LogP contribution in [0.25, 0.3) is 0 Å². The average molecular weight is 300 g/mol. The van der Waals surface area contributed by atoms with E-state index in [9.17, 15) is 9.59 Å². The van der Waals surface area contributed by atoms with Gasteiger partial charge in [0.2, 0.25) is 0 Å². The molecule has 0 bridgehead atoms. The van der Waals surface area contributed by atoms with Crippen LogP contribution in [0.5, 0.6) is 5.75 Å². The number of rotatable bonds is 6. The molecule has 0 saturated heterocycles. The number of aliphatic carboxylic acids is 1. The molecular formula is C14H18ClNO4. The summed E-state index contributed by atoms with van der Waals surface area (Å²) in [6, 6.07) is 3.53. The number of benzene rings is 1. The third-order valence-corrected chi connectivity index (χ3v) is 3.46.